The Bertz CT molecular complexity index is 1230. The summed E-state index contributed by atoms with van der Waals surface area (Å²) in [5.74, 6) is -3.07. The Labute approximate surface area is 251 Å². The Balaban J connectivity index is 2.26. The summed E-state index contributed by atoms with van der Waals surface area (Å²) in [5.41, 5.74) is 9.32. The first-order valence-electron chi connectivity index (χ1n) is 13.1. The molecule has 0 fully saturated rings. The third-order valence-electron chi connectivity index (χ3n) is 6.87. The van der Waals surface area contributed by atoms with Gasteiger partial charge in [-0.3, -0.25) is 14.4 Å². The molecule has 0 radical (unpaired) electrons. The van der Waals surface area contributed by atoms with Gasteiger partial charge in [0.05, 0.1) is 6.04 Å². The van der Waals surface area contributed by atoms with Gasteiger partial charge in [0.1, 0.15) is 23.9 Å². The summed E-state index contributed by atoms with van der Waals surface area (Å²) in [4.78, 5) is 53.1. The molecular formula is C29H40N4O6S2. The topological polar surface area (TPSA) is 162 Å². The molecule has 0 aromatic heterocycles. The van der Waals surface area contributed by atoms with Crippen LogP contribution in [0.1, 0.15) is 36.1 Å². The van der Waals surface area contributed by atoms with Crippen molar-refractivity contribution in [1.29, 1.82) is 0 Å². The number of carboxylic acids is 1. The van der Waals surface area contributed by atoms with Crippen LogP contribution in [0.5, 0.6) is 5.75 Å². The van der Waals surface area contributed by atoms with Gasteiger partial charge in [-0.25, -0.2) is 4.79 Å². The molecule has 10 nitrogen and oxygen atoms in total. The molecule has 0 heterocycles. The average molecular weight is 605 g/mol. The van der Waals surface area contributed by atoms with Crippen molar-refractivity contribution in [2.75, 3.05) is 12.8 Å². The molecule has 12 heteroatoms. The zero-order valence-corrected chi connectivity index (χ0v) is 25.7. The van der Waals surface area contributed by atoms with E-state index in [0.29, 0.717) is 0 Å². The van der Waals surface area contributed by atoms with Gasteiger partial charge in [-0.05, 0) is 68.5 Å². The van der Waals surface area contributed by atoms with Gasteiger partial charge >= 0.3 is 5.97 Å². The maximum Gasteiger partial charge on any atom is 0.327 e. The molecule has 6 N–H and O–H groups in total. The summed E-state index contributed by atoms with van der Waals surface area (Å²) >= 11 is 8.58. The first-order valence-corrected chi connectivity index (χ1v) is 14.2. The second-order valence-electron chi connectivity index (χ2n) is 10.7. The van der Waals surface area contributed by atoms with Crippen LogP contribution in [0.4, 0.5) is 0 Å². The van der Waals surface area contributed by atoms with Crippen molar-refractivity contribution in [3.05, 3.63) is 64.7 Å². The number of aryl methyl sites for hydroxylation is 2. The van der Waals surface area contributed by atoms with Crippen molar-refractivity contribution in [2.45, 2.75) is 69.5 Å². The molecule has 41 heavy (non-hydrogen) atoms. The minimum absolute atomic E-state index is 0.0694. The zero-order valence-electron chi connectivity index (χ0n) is 23.9. The van der Waals surface area contributed by atoms with Gasteiger partial charge < -0.3 is 31.5 Å². The Morgan fingerprint density at radius 1 is 1.00 bits per heavy atom. The fourth-order valence-corrected chi connectivity index (χ4v) is 4.91. The number of amides is 3. The average Bonchev–Trinajstić information content (AvgIpc) is 2.89. The van der Waals surface area contributed by atoms with E-state index in [-0.39, 0.29) is 24.3 Å². The number of benzene rings is 2. The monoisotopic (exact) mass is 604 g/mol. The quantitative estimate of drug-likeness (QED) is 0.171. The second kappa shape index (κ2) is 14.6. The molecule has 0 aliphatic heterocycles. The van der Waals surface area contributed by atoms with E-state index < -0.39 is 52.6 Å². The maximum atomic E-state index is 13.6. The van der Waals surface area contributed by atoms with E-state index in [0.717, 1.165) is 22.3 Å². The van der Waals surface area contributed by atoms with E-state index in [1.807, 2.05) is 19.9 Å². The summed E-state index contributed by atoms with van der Waals surface area (Å²) in [6.45, 7) is 6.74. The fourth-order valence-electron chi connectivity index (χ4n) is 4.49. The molecular weight excluding hydrogens is 564 g/mol. The van der Waals surface area contributed by atoms with E-state index >= 15 is 0 Å². The molecule has 0 bridgehead atoms. The SMILES string of the molecule is Cc1cc(O)cc(C)c1C[C@H](N)C(=O)N[C@H](CS)C(=O)N(C)[C@@H](Cc1ccccc1)C(=O)N[C@@H](C(=O)O)C(C)(C)S. The number of hydrogen-bond donors (Lipinski definition) is 7. The highest BCUT2D eigenvalue weighted by Crippen LogP contribution is 2.22. The van der Waals surface area contributed by atoms with Crippen LogP contribution in [0.15, 0.2) is 42.5 Å². The first-order chi connectivity index (χ1) is 19.1. The lowest BCUT2D eigenvalue weighted by Crippen LogP contribution is -2.60. The van der Waals surface area contributed by atoms with Crippen LogP contribution < -0.4 is 16.4 Å². The summed E-state index contributed by atoms with van der Waals surface area (Å²) in [6, 6.07) is 7.63. The number of carboxylic acid groups (broad SMARTS) is 1. The van der Waals surface area contributed by atoms with Gasteiger partial charge in [0.2, 0.25) is 17.7 Å². The van der Waals surface area contributed by atoms with Crippen LogP contribution in [-0.4, -0.2) is 80.5 Å². The number of phenols is 1. The van der Waals surface area contributed by atoms with Gasteiger partial charge in [-0.2, -0.15) is 25.3 Å². The van der Waals surface area contributed by atoms with E-state index in [1.54, 1.807) is 50.2 Å². The van der Waals surface area contributed by atoms with Crippen LogP contribution in [0.25, 0.3) is 0 Å². The van der Waals surface area contributed by atoms with Crippen molar-refractivity contribution in [3.8, 4) is 5.75 Å². The molecule has 0 aliphatic rings. The summed E-state index contributed by atoms with van der Waals surface area (Å²) in [6.07, 6.45) is 0.280. The van der Waals surface area contributed by atoms with Gasteiger partial charge in [0.15, 0.2) is 0 Å². The standard InChI is InChI=1S/C29H40N4O6S2/c1-16-11-19(34)12-17(2)20(16)14-21(30)25(35)31-22(15-40)27(37)33(5)23(13-18-9-7-6-8-10-18)26(36)32-24(28(38)39)29(3,4)41/h6-12,21-24,34,40-41H,13-15,30H2,1-5H3,(H,31,35)(H,32,36)(H,38,39)/t21-,22+,23-,24-/m0/s1. The van der Waals surface area contributed by atoms with Crippen molar-refractivity contribution in [3.63, 3.8) is 0 Å². The molecule has 4 atom stereocenters. The van der Waals surface area contributed by atoms with Gasteiger partial charge in [0, 0.05) is 24.0 Å². The van der Waals surface area contributed by atoms with Gasteiger partial charge in [-0.15, -0.1) is 0 Å². The Kier molecular flexibility index (Phi) is 12.1. The van der Waals surface area contributed by atoms with Crippen molar-refractivity contribution in [1.82, 2.24) is 15.5 Å². The van der Waals surface area contributed by atoms with Crippen LogP contribution in [0.2, 0.25) is 0 Å². The van der Waals surface area contributed by atoms with Crippen LogP contribution in [0.3, 0.4) is 0 Å². The second-order valence-corrected chi connectivity index (χ2v) is 12.2. The number of likely N-dealkylation sites (N-methyl/N-ethyl adjacent to an activating group) is 1. The van der Waals surface area contributed by atoms with E-state index in [4.69, 9.17) is 5.73 Å². The highest BCUT2D eigenvalue weighted by Gasteiger charge is 2.38. The lowest BCUT2D eigenvalue weighted by molar-refractivity contribution is -0.145. The number of nitrogens with two attached hydrogens (primary N) is 1. The highest BCUT2D eigenvalue weighted by atomic mass is 32.1. The summed E-state index contributed by atoms with van der Waals surface area (Å²) in [5, 5.41) is 24.6. The maximum absolute atomic E-state index is 13.6. The number of carbonyl (C=O) groups is 4. The molecule has 3 amide bonds. The van der Waals surface area contributed by atoms with Crippen molar-refractivity contribution < 1.29 is 29.4 Å². The molecule has 0 spiro atoms. The summed E-state index contributed by atoms with van der Waals surface area (Å²) < 4.78 is -1.09. The smallest absolute Gasteiger partial charge is 0.327 e. The van der Waals surface area contributed by atoms with Gasteiger partial charge in [-0.1, -0.05) is 30.3 Å². The van der Waals surface area contributed by atoms with E-state index in [2.05, 4.69) is 35.9 Å². The number of carbonyl (C=O) groups excluding carboxylic acids is 3. The Morgan fingerprint density at radius 2 is 1.56 bits per heavy atom. The minimum atomic E-state index is -1.33. The summed E-state index contributed by atoms with van der Waals surface area (Å²) in [7, 11) is 1.42. The number of nitrogens with one attached hydrogen (secondary N) is 2. The number of nitrogens with zero attached hydrogens (tertiary/aromatic N) is 1. The molecule has 0 saturated carbocycles. The molecule has 2 aromatic carbocycles. The van der Waals surface area contributed by atoms with Crippen molar-refractivity contribution >= 4 is 48.9 Å². The molecule has 2 rings (SSSR count). The highest BCUT2D eigenvalue weighted by molar-refractivity contribution is 7.81. The number of phenolic OH excluding ortho intramolecular Hbond substituents is 1. The molecule has 224 valence electrons. The number of hydrogen-bond acceptors (Lipinski definition) is 8. The number of aromatic hydroxyl groups is 1. The van der Waals surface area contributed by atoms with Crippen LogP contribution in [0, 0.1) is 13.8 Å². The molecule has 0 saturated heterocycles. The predicted molar refractivity (Wildman–Crippen MR) is 164 cm³/mol. The first kappa shape index (κ1) is 34.0. The Morgan fingerprint density at radius 3 is 2.05 bits per heavy atom. The number of thiol groups is 2. The molecule has 0 aliphatic carbocycles. The number of rotatable bonds is 13. The third-order valence-corrected chi connectivity index (χ3v) is 7.49. The predicted octanol–water partition coefficient (Wildman–Crippen LogP) is 1.64. The van der Waals surface area contributed by atoms with Crippen LogP contribution >= 0.6 is 25.3 Å². The molecule has 0 unspecified atom stereocenters. The van der Waals surface area contributed by atoms with E-state index in [1.165, 1.54) is 11.9 Å². The normalized spacial score (nSPS) is 14.3. The Hall–Kier alpha value is -3.22. The fraction of sp³-hybridized carbons (Fsp3) is 0.448. The third kappa shape index (κ3) is 9.40. The largest absolute Gasteiger partial charge is 0.508 e. The minimum Gasteiger partial charge on any atom is -0.508 e. The lowest BCUT2D eigenvalue weighted by Gasteiger charge is -2.33. The molecule has 2 aromatic rings. The van der Waals surface area contributed by atoms with Gasteiger partial charge in [0.25, 0.3) is 0 Å². The van der Waals surface area contributed by atoms with Crippen molar-refractivity contribution in [2.24, 2.45) is 5.73 Å². The lowest BCUT2D eigenvalue weighted by atomic mass is 9.96. The van der Waals surface area contributed by atoms with E-state index in [9.17, 15) is 29.4 Å². The van der Waals surface area contributed by atoms with Crippen LogP contribution in [-0.2, 0) is 32.0 Å². The zero-order chi connectivity index (χ0) is 31.1. The number of aliphatic carboxylic acids is 1.